The fourth-order valence-corrected chi connectivity index (χ4v) is 4.66. The van der Waals surface area contributed by atoms with Gasteiger partial charge < -0.3 is 9.64 Å². The van der Waals surface area contributed by atoms with E-state index in [1.165, 1.54) is 10.4 Å². The molecule has 2 aromatic carbocycles. The first-order chi connectivity index (χ1) is 13.3. The Morgan fingerprint density at radius 2 is 1.75 bits per heavy atom. The van der Waals surface area contributed by atoms with E-state index in [1.54, 1.807) is 29.2 Å². The van der Waals surface area contributed by atoms with Crippen LogP contribution in [0.5, 0.6) is 5.75 Å². The Morgan fingerprint density at radius 1 is 1.11 bits per heavy atom. The molecule has 0 radical (unpaired) electrons. The second-order valence-electron chi connectivity index (χ2n) is 6.23. The van der Waals surface area contributed by atoms with Crippen molar-refractivity contribution in [2.45, 2.75) is 11.8 Å². The van der Waals surface area contributed by atoms with Crippen LogP contribution in [-0.2, 0) is 10.0 Å². The van der Waals surface area contributed by atoms with E-state index in [-0.39, 0.29) is 42.0 Å². The Kier molecular flexibility index (Phi) is 6.22. The molecule has 9 heteroatoms. The van der Waals surface area contributed by atoms with Crippen LogP contribution in [0.1, 0.15) is 17.3 Å². The molecule has 6 nitrogen and oxygen atoms in total. The van der Waals surface area contributed by atoms with Crippen molar-refractivity contribution in [3.05, 3.63) is 58.9 Å². The van der Waals surface area contributed by atoms with E-state index in [2.05, 4.69) is 0 Å². The second-order valence-corrected chi connectivity index (χ2v) is 8.57. The number of benzene rings is 2. The lowest BCUT2D eigenvalue weighted by Gasteiger charge is -2.34. The van der Waals surface area contributed by atoms with Gasteiger partial charge in [-0.15, -0.1) is 0 Å². The third-order valence-electron chi connectivity index (χ3n) is 4.47. The van der Waals surface area contributed by atoms with Crippen LogP contribution in [0.15, 0.2) is 47.4 Å². The number of hydrogen-bond acceptors (Lipinski definition) is 4. The molecular formula is C19H20ClFN2O4S. The van der Waals surface area contributed by atoms with Gasteiger partial charge in [-0.1, -0.05) is 11.6 Å². The first-order valence-electron chi connectivity index (χ1n) is 8.80. The van der Waals surface area contributed by atoms with Crippen LogP contribution < -0.4 is 4.74 Å². The monoisotopic (exact) mass is 426 g/mol. The average molecular weight is 427 g/mol. The van der Waals surface area contributed by atoms with Crippen molar-refractivity contribution >= 4 is 27.5 Å². The highest BCUT2D eigenvalue weighted by atomic mass is 35.5. The summed E-state index contributed by atoms with van der Waals surface area (Å²) in [5.41, 5.74) is 0.519. The number of piperazine rings is 1. The molecular weight excluding hydrogens is 407 g/mol. The summed E-state index contributed by atoms with van der Waals surface area (Å²) in [6.45, 7) is 3.26. The summed E-state index contributed by atoms with van der Waals surface area (Å²) in [4.78, 5) is 14.2. The molecule has 0 atom stereocenters. The quantitative estimate of drug-likeness (QED) is 0.737. The molecule has 1 saturated heterocycles. The molecule has 1 aliphatic heterocycles. The number of ether oxygens (including phenoxy) is 1. The predicted octanol–water partition coefficient (Wildman–Crippen LogP) is 3.02. The molecule has 150 valence electrons. The van der Waals surface area contributed by atoms with Crippen molar-refractivity contribution in [2.75, 3.05) is 32.8 Å². The molecule has 1 heterocycles. The number of carbonyl (C=O) groups is 1. The summed E-state index contributed by atoms with van der Waals surface area (Å²) in [5.74, 6) is -0.149. The molecule has 2 aromatic rings. The summed E-state index contributed by atoms with van der Waals surface area (Å²) in [6, 6.07) is 10.2. The molecule has 0 saturated carbocycles. The Morgan fingerprint density at radius 3 is 2.32 bits per heavy atom. The smallest absolute Gasteiger partial charge is 0.253 e. The number of carbonyl (C=O) groups excluding carboxylic acids is 1. The highest BCUT2D eigenvalue weighted by Gasteiger charge is 2.30. The lowest BCUT2D eigenvalue weighted by atomic mass is 10.2. The van der Waals surface area contributed by atoms with Crippen molar-refractivity contribution < 1.29 is 22.3 Å². The minimum absolute atomic E-state index is 0.0646. The zero-order valence-electron chi connectivity index (χ0n) is 15.3. The molecule has 28 heavy (non-hydrogen) atoms. The zero-order valence-corrected chi connectivity index (χ0v) is 16.8. The van der Waals surface area contributed by atoms with E-state index in [4.69, 9.17) is 16.3 Å². The molecule has 1 amide bonds. The highest BCUT2D eigenvalue weighted by Crippen LogP contribution is 2.23. The van der Waals surface area contributed by atoms with E-state index in [1.807, 2.05) is 6.92 Å². The van der Waals surface area contributed by atoms with Gasteiger partial charge in [-0.05, 0) is 49.4 Å². The van der Waals surface area contributed by atoms with Gasteiger partial charge in [0.05, 0.1) is 16.5 Å². The van der Waals surface area contributed by atoms with Crippen LogP contribution in [0.3, 0.4) is 0 Å². The summed E-state index contributed by atoms with van der Waals surface area (Å²) < 4.78 is 45.4. The number of sulfonamides is 1. The molecule has 0 N–H and O–H groups in total. The van der Waals surface area contributed by atoms with Gasteiger partial charge in [-0.25, -0.2) is 12.8 Å². The molecule has 1 aliphatic rings. The van der Waals surface area contributed by atoms with E-state index < -0.39 is 15.8 Å². The Hall–Kier alpha value is -2.16. The Bertz CT molecular complexity index is 958. The van der Waals surface area contributed by atoms with Gasteiger partial charge >= 0.3 is 0 Å². The SMILES string of the molecule is CCOc1ccc(C(=O)N2CCN(S(=O)(=O)c3ccc(F)c(Cl)c3)CC2)cc1. The van der Waals surface area contributed by atoms with Gasteiger partial charge in [0, 0.05) is 31.7 Å². The van der Waals surface area contributed by atoms with Gasteiger partial charge in [-0.3, -0.25) is 4.79 Å². The zero-order chi connectivity index (χ0) is 20.3. The largest absolute Gasteiger partial charge is 0.494 e. The fourth-order valence-electron chi connectivity index (χ4n) is 2.96. The Balaban J connectivity index is 1.66. The van der Waals surface area contributed by atoms with Crippen LogP contribution in [0, 0.1) is 5.82 Å². The van der Waals surface area contributed by atoms with Crippen LogP contribution in [0.25, 0.3) is 0 Å². The third-order valence-corrected chi connectivity index (χ3v) is 6.65. The van der Waals surface area contributed by atoms with Gasteiger partial charge in [0.1, 0.15) is 11.6 Å². The van der Waals surface area contributed by atoms with Crippen molar-refractivity contribution in [1.29, 1.82) is 0 Å². The molecule has 1 fully saturated rings. The number of rotatable bonds is 5. The maximum absolute atomic E-state index is 13.3. The van der Waals surface area contributed by atoms with E-state index in [0.29, 0.717) is 17.9 Å². The van der Waals surface area contributed by atoms with Gasteiger partial charge in [-0.2, -0.15) is 4.31 Å². The molecule has 0 aromatic heterocycles. The first-order valence-corrected chi connectivity index (χ1v) is 10.6. The number of hydrogen-bond donors (Lipinski definition) is 0. The Labute approximate surface area is 168 Å². The predicted molar refractivity (Wildman–Crippen MR) is 104 cm³/mol. The van der Waals surface area contributed by atoms with Gasteiger partial charge in [0.15, 0.2) is 0 Å². The first kappa shape index (κ1) is 20.6. The second kappa shape index (κ2) is 8.46. The minimum atomic E-state index is -3.80. The summed E-state index contributed by atoms with van der Waals surface area (Å²) in [5, 5.41) is -0.245. The van der Waals surface area contributed by atoms with E-state index >= 15 is 0 Å². The van der Waals surface area contributed by atoms with Crippen molar-refractivity contribution in [1.82, 2.24) is 9.21 Å². The van der Waals surface area contributed by atoms with Crippen molar-refractivity contribution in [3.8, 4) is 5.75 Å². The summed E-state index contributed by atoms with van der Waals surface area (Å²) >= 11 is 5.70. The average Bonchev–Trinajstić information content (AvgIpc) is 2.70. The normalized spacial score (nSPS) is 15.5. The van der Waals surface area contributed by atoms with Crippen molar-refractivity contribution in [2.24, 2.45) is 0 Å². The van der Waals surface area contributed by atoms with Crippen LogP contribution in [-0.4, -0.2) is 56.3 Å². The molecule has 3 rings (SSSR count). The highest BCUT2D eigenvalue weighted by molar-refractivity contribution is 7.89. The van der Waals surface area contributed by atoms with E-state index in [9.17, 15) is 17.6 Å². The third kappa shape index (κ3) is 4.29. The lowest BCUT2D eigenvalue weighted by molar-refractivity contribution is 0.0698. The summed E-state index contributed by atoms with van der Waals surface area (Å²) in [6.07, 6.45) is 0. The molecule has 0 bridgehead atoms. The number of nitrogens with zero attached hydrogens (tertiary/aromatic N) is 2. The van der Waals surface area contributed by atoms with Crippen molar-refractivity contribution in [3.63, 3.8) is 0 Å². The minimum Gasteiger partial charge on any atom is -0.494 e. The molecule has 0 spiro atoms. The number of amides is 1. The van der Waals surface area contributed by atoms with Crippen LogP contribution in [0.2, 0.25) is 5.02 Å². The standard InChI is InChI=1S/C19H20ClFN2O4S/c1-2-27-15-5-3-14(4-6-15)19(24)22-9-11-23(12-10-22)28(25,26)16-7-8-18(21)17(20)13-16/h3-8,13H,2,9-12H2,1H3. The number of halogens is 2. The van der Waals surface area contributed by atoms with E-state index in [0.717, 1.165) is 12.1 Å². The summed E-state index contributed by atoms with van der Waals surface area (Å²) in [7, 11) is -3.80. The van der Waals surface area contributed by atoms with Gasteiger partial charge in [0.25, 0.3) is 5.91 Å². The molecule has 0 unspecified atom stereocenters. The fraction of sp³-hybridized carbons (Fsp3) is 0.316. The lowest BCUT2D eigenvalue weighted by Crippen LogP contribution is -2.50. The maximum Gasteiger partial charge on any atom is 0.253 e. The van der Waals surface area contributed by atoms with Crippen LogP contribution >= 0.6 is 11.6 Å². The van der Waals surface area contributed by atoms with Crippen LogP contribution in [0.4, 0.5) is 4.39 Å². The molecule has 0 aliphatic carbocycles. The topological polar surface area (TPSA) is 66.9 Å². The maximum atomic E-state index is 13.3. The van der Waals surface area contributed by atoms with Gasteiger partial charge in [0.2, 0.25) is 10.0 Å².